The maximum atomic E-state index is 13.6. The molecule has 1 heterocycles. The standard InChI is InChI=1S/C19H29NO2/c21-18(20-5-6-22-17-4-2-1-3-16(17)20)19-10-13-7-14(11-19)9-15(8-13)12-19/h13-17H,1-12H2. The van der Waals surface area contributed by atoms with E-state index in [-0.39, 0.29) is 5.41 Å². The molecule has 1 aliphatic heterocycles. The number of morpholine rings is 1. The van der Waals surface area contributed by atoms with Crippen molar-refractivity contribution in [1.29, 1.82) is 0 Å². The molecule has 3 heteroatoms. The van der Waals surface area contributed by atoms with Gasteiger partial charge in [-0.3, -0.25) is 4.79 Å². The third-order valence-corrected chi connectivity index (χ3v) is 7.48. The fraction of sp³-hybridized carbons (Fsp3) is 0.947. The van der Waals surface area contributed by atoms with E-state index in [0.717, 1.165) is 37.3 Å². The van der Waals surface area contributed by atoms with Gasteiger partial charge in [-0.15, -0.1) is 0 Å². The van der Waals surface area contributed by atoms with Gasteiger partial charge >= 0.3 is 0 Å². The van der Waals surface area contributed by atoms with Crippen molar-refractivity contribution in [1.82, 2.24) is 4.90 Å². The molecule has 22 heavy (non-hydrogen) atoms. The van der Waals surface area contributed by atoms with Crippen LogP contribution in [0.4, 0.5) is 0 Å². The van der Waals surface area contributed by atoms with E-state index in [1.807, 2.05) is 0 Å². The minimum absolute atomic E-state index is 0.0358. The fourth-order valence-electron chi connectivity index (χ4n) is 7.03. The number of fused-ring (bicyclic) bond motifs is 1. The molecule has 0 radical (unpaired) electrons. The van der Waals surface area contributed by atoms with Crippen LogP contribution >= 0.6 is 0 Å². The molecule has 1 saturated heterocycles. The second kappa shape index (κ2) is 4.96. The molecule has 5 aliphatic carbocycles. The number of nitrogens with zero attached hydrogens (tertiary/aromatic N) is 1. The molecule has 6 aliphatic rings. The summed E-state index contributed by atoms with van der Waals surface area (Å²) < 4.78 is 5.99. The van der Waals surface area contributed by atoms with Crippen LogP contribution in [0.3, 0.4) is 0 Å². The van der Waals surface area contributed by atoms with Crippen molar-refractivity contribution in [3.63, 3.8) is 0 Å². The highest BCUT2D eigenvalue weighted by Gasteiger charge is 2.56. The van der Waals surface area contributed by atoms with Crippen molar-refractivity contribution < 1.29 is 9.53 Å². The van der Waals surface area contributed by atoms with Gasteiger partial charge in [0, 0.05) is 6.54 Å². The number of hydrogen-bond donors (Lipinski definition) is 0. The molecule has 4 bridgehead atoms. The van der Waals surface area contributed by atoms with Crippen molar-refractivity contribution in [3.8, 4) is 0 Å². The van der Waals surface area contributed by atoms with Crippen molar-refractivity contribution in [2.45, 2.75) is 76.4 Å². The Bertz CT molecular complexity index is 437. The third kappa shape index (κ3) is 2.00. The highest BCUT2D eigenvalue weighted by atomic mass is 16.5. The molecular formula is C19H29NO2. The number of amides is 1. The summed E-state index contributed by atoms with van der Waals surface area (Å²) in [6.07, 6.45) is 13.1. The van der Waals surface area contributed by atoms with Gasteiger partial charge in [0.05, 0.1) is 24.2 Å². The Morgan fingerprint density at radius 1 is 0.955 bits per heavy atom. The van der Waals surface area contributed by atoms with Gasteiger partial charge in [-0.2, -0.15) is 0 Å². The Labute approximate surface area is 133 Å². The summed E-state index contributed by atoms with van der Waals surface area (Å²) in [7, 11) is 0. The van der Waals surface area contributed by atoms with Crippen LogP contribution in [0.1, 0.15) is 64.2 Å². The highest BCUT2D eigenvalue weighted by Crippen LogP contribution is 2.60. The van der Waals surface area contributed by atoms with E-state index in [4.69, 9.17) is 4.74 Å². The van der Waals surface area contributed by atoms with Gasteiger partial charge in [0.2, 0.25) is 5.91 Å². The van der Waals surface area contributed by atoms with Crippen molar-refractivity contribution in [2.75, 3.05) is 13.2 Å². The second-order valence-corrected chi connectivity index (χ2v) is 8.96. The van der Waals surface area contributed by atoms with Gasteiger partial charge < -0.3 is 9.64 Å². The van der Waals surface area contributed by atoms with Gasteiger partial charge in [0.25, 0.3) is 0 Å². The van der Waals surface area contributed by atoms with Crippen molar-refractivity contribution in [2.24, 2.45) is 23.2 Å². The van der Waals surface area contributed by atoms with Crippen LogP contribution in [-0.4, -0.2) is 36.1 Å². The lowest BCUT2D eigenvalue weighted by Crippen LogP contribution is -2.61. The first-order valence-corrected chi connectivity index (χ1v) is 9.66. The molecule has 5 saturated carbocycles. The Hall–Kier alpha value is -0.570. The maximum Gasteiger partial charge on any atom is 0.229 e. The molecule has 0 spiro atoms. The molecule has 2 unspecified atom stereocenters. The van der Waals surface area contributed by atoms with Crippen LogP contribution in [0, 0.1) is 23.2 Å². The van der Waals surface area contributed by atoms with Crippen LogP contribution in [0.2, 0.25) is 0 Å². The number of rotatable bonds is 1. The molecule has 6 rings (SSSR count). The van der Waals surface area contributed by atoms with Crippen molar-refractivity contribution in [3.05, 3.63) is 0 Å². The van der Waals surface area contributed by atoms with Gasteiger partial charge in [0.15, 0.2) is 0 Å². The maximum absolute atomic E-state index is 13.6. The van der Waals surface area contributed by atoms with E-state index in [9.17, 15) is 4.79 Å². The first-order valence-electron chi connectivity index (χ1n) is 9.66. The van der Waals surface area contributed by atoms with E-state index < -0.39 is 0 Å². The van der Waals surface area contributed by atoms with Gasteiger partial charge in [0.1, 0.15) is 0 Å². The average molecular weight is 303 g/mol. The van der Waals surface area contributed by atoms with E-state index in [1.165, 1.54) is 57.8 Å². The normalized spacial score (nSPS) is 50.0. The predicted molar refractivity (Wildman–Crippen MR) is 84.3 cm³/mol. The van der Waals surface area contributed by atoms with E-state index in [2.05, 4.69) is 4.90 Å². The highest BCUT2D eigenvalue weighted by molar-refractivity contribution is 5.83. The van der Waals surface area contributed by atoms with Crippen LogP contribution in [0.5, 0.6) is 0 Å². The van der Waals surface area contributed by atoms with E-state index >= 15 is 0 Å². The number of carbonyl (C=O) groups is 1. The van der Waals surface area contributed by atoms with Crippen LogP contribution in [0.15, 0.2) is 0 Å². The predicted octanol–water partition coefficient (Wildman–Crippen LogP) is 3.37. The molecule has 2 atom stereocenters. The largest absolute Gasteiger partial charge is 0.374 e. The third-order valence-electron chi connectivity index (χ3n) is 7.48. The van der Waals surface area contributed by atoms with Crippen LogP contribution < -0.4 is 0 Å². The molecule has 6 fully saturated rings. The fourth-order valence-corrected chi connectivity index (χ4v) is 7.03. The molecule has 0 N–H and O–H groups in total. The zero-order valence-corrected chi connectivity index (χ0v) is 13.6. The lowest BCUT2D eigenvalue weighted by Gasteiger charge is -2.58. The Balaban J connectivity index is 1.41. The molecule has 0 aromatic carbocycles. The van der Waals surface area contributed by atoms with Crippen LogP contribution in [0.25, 0.3) is 0 Å². The molecule has 1 amide bonds. The first kappa shape index (κ1) is 13.8. The summed E-state index contributed by atoms with van der Waals surface area (Å²) in [5.74, 6) is 3.11. The number of hydrogen-bond acceptors (Lipinski definition) is 2. The summed E-state index contributed by atoms with van der Waals surface area (Å²) in [4.78, 5) is 15.9. The zero-order chi connectivity index (χ0) is 14.7. The van der Waals surface area contributed by atoms with Gasteiger partial charge in [-0.1, -0.05) is 12.8 Å². The Kier molecular flexibility index (Phi) is 3.12. The van der Waals surface area contributed by atoms with Crippen molar-refractivity contribution >= 4 is 5.91 Å². The first-order chi connectivity index (χ1) is 10.7. The summed E-state index contributed by atoms with van der Waals surface area (Å²) in [5, 5.41) is 0. The topological polar surface area (TPSA) is 29.5 Å². The summed E-state index contributed by atoms with van der Waals surface area (Å²) >= 11 is 0. The second-order valence-electron chi connectivity index (χ2n) is 8.96. The van der Waals surface area contributed by atoms with E-state index in [1.54, 1.807) is 0 Å². The lowest BCUT2D eigenvalue weighted by atomic mass is 9.49. The quantitative estimate of drug-likeness (QED) is 0.743. The lowest BCUT2D eigenvalue weighted by molar-refractivity contribution is -0.173. The molecule has 0 aromatic heterocycles. The van der Waals surface area contributed by atoms with Crippen LogP contribution in [-0.2, 0) is 9.53 Å². The minimum Gasteiger partial charge on any atom is -0.374 e. The summed E-state index contributed by atoms with van der Waals surface area (Å²) in [5.41, 5.74) is 0.0358. The van der Waals surface area contributed by atoms with Gasteiger partial charge in [-0.25, -0.2) is 0 Å². The summed E-state index contributed by atoms with van der Waals surface area (Å²) in [6.45, 7) is 1.61. The molecule has 122 valence electrons. The Morgan fingerprint density at radius 3 is 2.27 bits per heavy atom. The average Bonchev–Trinajstić information content (AvgIpc) is 2.52. The number of ether oxygens (including phenoxy) is 1. The monoisotopic (exact) mass is 303 g/mol. The SMILES string of the molecule is O=C(N1CCOC2CCCCC21)C12CC3CC(CC(C3)C1)C2. The molecule has 0 aromatic rings. The number of carbonyl (C=O) groups excluding carboxylic acids is 1. The molecule has 3 nitrogen and oxygen atoms in total. The van der Waals surface area contributed by atoms with E-state index in [0.29, 0.717) is 18.1 Å². The smallest absolute Gasteiger partial charge is 0.229 e. The zero-order valence-electron chi connectivity index (χ0n) is 13.6. The molecular weight excluding hydrogens is 274 g/mol. The van der Waals surface area contributed by atoms with Gasteiger partial charge in [-0.05, 0) is 69.1 Å². The minimum atomic E-state index is 0.0358. The Morgan fingerprint density at radius 2 is 1.59 bits per heavy atom. The summed E-state index contributed by atoms with van der Waals surface area (Å²) in [6, 6.07) is 0.392.